The third kappa shape index (κ3) is 4.05. The van der Waals surface area contributed by atoms with E-state index >= 15 is 0 Å². The van der Waals surface area contributed by atoms with Gasteiger partial charge in [0, 0.05) is 0 Å². The lowest BCUT2D eigenvalue weighted by Gasteiger charge is -2.25. The van der Waals surface area contributed by atoms with E-state index in [0.29, 0.717) is 0 Å². The average molecular weight is 361 g/mol. The number of hydrogen-bond acceptors (Lipinski definition) is 6. The monoisotopic (exact) mass is 361 g/mol. The van der Waals surface area contributed by atoms with Gasteiger partial charge < -0.3 is 10.5 Å². The van der Waals surface area contributed by atoms with Crippen LogP contribution in [0.2, 0.25) is 0 Å². The molecule has 3 N–H and O–H groups in total. The molecule has 1 aliphatic rings. The van der Waals surface area contributed by atoms with E-state index < -0.39 is 42.4 Å². The maximum absolute atomic E-state index is 12.6. The molecule has 1 aromatic rings. The topological polar surface area (TPSA) is 136 Å². The molecule has 0 aliphatic carbocycles. The summed E-state index contributed by atoms with van der Waals surface area (Å²) in [6.45, 7) is 2.88. The van der Waals surface area contributed by atoms with Crippen LogP contribution in [0.4, 0.5) is 4.79 Å². The van der Waals surface area contributed by atoms with Gasteiger partial charge in [0.2, 0.25) is 0 Å². The first-order valence-corrected chi connectivity index (χ1v) is 7.95. The largest absolute Gasteiger partial charge is 0.454 e. The number of carbonyl (C=O) groups is 5. The molecule has 0 fully saturated rings. The summed E-state index contributed by atoms with van der Waals surface area (Å²) in [5.41, 5.74) is 5.23. The second-order valence-corrected chi connectivity index (χ2v) is 6.19. The second kappa shape index (κ2) is 7.77. The third-order valence-electron chi connectivity index (χ3n) is 3.71. The van der Waals surface area contributed by atoms with Crippen LogP contribution in [-0.4, -0.2) is 47.3 Å². The molecule has 0 saturated heterocycles. The summed E-state index contributed by atoms with van der Waals surface area (Å²) in [7, 11) is 0. The summed E-state index contributed by atoms with van der Waals surface area (Å²) >= 11 is 0. The van der Waals surface area contributed by atoms with Crippen molar-refractivity contribution in [2.24, 2.45) is 11.7 Å². The maximum atomic E-state index is 12.6. The predicted octanol–water partition coefficient (Wildman–Crippen LogP) is 0.435. The number of carbonyl (C=O) groups excluding carboxylic acids is 5. The number of esters is 1. The minimum absolute atomic E-state index is 0.0312. The molecule has 0 aromatic heterocycles. The van der Waals surface area contributed by atoms with E-state index in [0.717, 1.165) is 4.90 Å². The van der Waals surface area contributed by atoms with Crippen molar-refractivity contribution in [2.45, 2.75) is 26.3 Å². The Bertz CT molecular complexity index is 739. The fraction of sp³-hybridized carbons (Fsp3) is 0.353. The maximum Gasteiger partial charge on any atom is 0.329 e. The zero-order valence-electron chi connectivity index (χ0n) is 14.4. The SMILES string of the molecule is CC(C)CC(C(=O)OCC(=O)NC(N)=O)N1C(=O)c2ccccc2C1=O. The van der Waals surface area contributed by atoms with Crippen molar-refractivity contribution in [3.8, 4) is 0 Å². The van der Waals surface area contributed by atoms with Crippen molar-refractivity contribution in [2.75, 3.05) is 6.61 Å². The summed E-state index contributed by atoms with van der Waals surface area (Å²) in [6.07, 6.45) is 0.168. The van der Waals surface area contributed by atoms with Gasteiger partial charge in [0.25, 0.3) is 17.7 Å². The van der Waals surface area contributed by atoms with Gasteiger partial charge in [-0.3, -0.25) is 24.6 Å². The smallest absolute Gasteiger partial charge is 0.329 e. The van der Waals surface area contributed by atoms with Crippen LogP contribution in [0.1, 0.15) is 41.0 Å². The van der Waals surface area contributed by atoms with E-state index in [-0.39, 0.29) is 23.5 Å². The summed E-state index contributed by atoms with van der Waals surface area (Å²) in [5, 5.41) is 1.75. The van der Waals surface area contributed by atoms with E-state index in [1.54, 1.807) is 17.4 Å². The number of nitrogens with two attached hydrogens (primary N) is 1. The summed E-state index contributed by atoms with van der Waals surface area (Å²) in [4.78, 5) is 60.4. The van der Waals surface area contributed by atoms with E-state index in [4.69, 9.17) is 10.5 Å². The Morgan fingerprint density at radius 1 is 1.12 bits per heavy atom. The molecule has 1 heterocycles. The number of nitrogens with zero attached hydrogens (tertiary/aromatic N) is 1. The van der Waals surface area contributed by atoms with Crippen LogP contribution in [0, 0.1) is 5.92 Å². The number of nitrogens with one attached hydrogen (secondary N) is 1. The molecule has 1 aromatic carbocycles. The fourth-order valence-electron chi connectivity index (χ4n) is 2.65. The fourth-order valence-corrected chi connectivity index (χ4v) is 2.65. The minimum atomic E-state index is -1.18. The average Bonchev–Trinajstić information content (AvgIpc) is 2.81. The van der Waals surface area contributed by atoms with Crippen LogP contribution in [0.5, 0.6) is 0 Å². The Kier molecular flexibility index (Phi) is 5.71. The molecule has 2 rings (SSSR count). The van der Waals surface area contributed by atoms with E-state index in [1.807, 2.05) is 13.8 Å². The van der Waals surface area contributed by atoms with Gasteiger partial charge in [-0.05, 0) is 24.5 Å². The molecule has 1 unspecified atom stereocenters. The van der Waals surface area contributed by atoms with E-state index in [1.165, 1.54) is 12.1 Å². The van der Waals surface area contributed by atoms with Crippen LogP contribution >= 0.6 is 0 Å². The highest BCUT2D eigenvalue weighted by molar-refractivity contribution is 6.22. The Morgan fingerprint density at radius 2 is 1.65 bits per heavy atom. The summed E-state index contributed by atoms with van der Waals surface area (Å²) in [6, 6.07) is 4.00. The predicted molar refractivity (Wildman–Crippen MR) is 88.9 cm³/mol. The molecule has 0 saturated carbocycles. The Balaban J connectivity index is 2.19. The van der Waals surface area contributed by atoms with Gasteiger partial charge in [0.15, 0.2) is 6.61 Å². The molecule has 9 nitrogen and oxygen atoms in total. The number of amides is 5. The van der Waals surface area contributed by atoms with Crippen LogP contribution in [0.15, 0.2) is 24.3 Å². The molecule has 0 bridgehead atoms. The summed E-state index contributed by atoms with van der Waals surface area (Å²) < 4.78 is 4.87. The lowest BCUT2D eigenvalue weighted by Crippen LogP contribution is -2.47. The molecule has 0 radical (unpaired) electrons. The minimum Gasteiger partial charge on any atom is -0.454 e. The second-order valence-electron chi connectivity index (χ2n) is 6.19. The number of fused-ring (bicyclic) bond motifs is 1. The number of ether oxygens (including phenoxy) is 1. The van der Waals surface area contributed by atoms with Gasteiger partial charge in [0.1, 0.15) is 6.04 Å². The van der Waals surface area contributed by atoms with Crippen molar-refractivity contribution >= 4 is 29.7 Å². The molecular formula is C17H19N3O6. The lowest BCUT2D eigenvalue weighted by atomic mass is 10.0. The highest BCUT2D eigenvalue weighted by Crippen LogP contribution is 2.27. The highest BCUT2D eigenvalue weighted by Gasteiger charge is 2.43. The number of benzene rings is 1. The van der Waals surface area contributed by atoms with Crippen LogP contribution in [-0.2, 0) is 14.3 Å². The normalized spacial score (nSPS) is 14.2. The van der Waals surface area contributed by atoms with Crippen molar-refractivity contribution < 1.29 is 28.7 Å². The molecule has 138 valence electrons. The van der Waals surface area contributed by atoms with Crippen molar-refractivity contribution in [1.29, 1.82) is 0 Å². The standard InChI is InChI=1S/C17H19N3O6/c1-9(2)7-12(16(24)26-8-13(21)19-17(18)25)20-14(22)10-5-3-4-6-11(10)15(20)23/h3-6,9,12H,7-8H2,1-2H3,(H3,18,19,21,25). The number of primary amides is 1. The molecule has 26 heavy (non-hydrogen) atoms. The van der Waals surface area contributed by atoms with Gasteiger partial charge in [-0.15, -0.1) is 0 Å². The van der Waals surface area contributed by atoms with Gasteiger partial charge >= 0.3 is 12.0 Å². The van der Waals surface area contributed by atoms with Crippen molar-refractivity contribution in [3.05, 3.63) is 35.4 Å². The Labute approximate surface area is 149 Å². The van der Waals surface area contributed by atoms with Gasteiger partial charge in [-0.1, -0.05) is 26.0 Å². The number of imide groups is 2. The van der Waals surface area contributed by atoms with E-state index in [2.05, 4.69) is 0 Å². The first kappa shape index (κ1) is 19.1. The first-order chi connectivity index (χ1) is 12.2. The van der Waals surface area contributed by atoms with Gasteiger partial charge in [-0.2, -0.15) is 0 Å². The Hall–Kier alpha value is -3.23. The van der Waals surface area contributed by atoms with Crippen LogP contribution in [0.25, 0.3) is 0 Å². The molecule has 1 atom stereocenters. The molecule has 5 amide bonds. The quantitative estimate of drug-likeness (QED) is 0.557. The number of hydrogen-bond donors (Lipinski definition) is 2. The Morgan fingerprint density at radius 3 is 2.12 bits per heavy atom. The van der Waals surface area contributed by atoms with E-state index in [9.17, 15) is 24.0 Å². The molecule has 0 spiro atoms. The zero-order valence-corrected chi connectivity index (χ0v) is 14.4. The third-order valence-corrected chi connectivity index (χ3v) is 3.71. The van der Waals surface area contributed by atoms with Crippen LogP contribution in [0.3, 0.4) is 0 Å². The van der Waals surface area contributed by atoms with Crippen molar-refractivity contribution in [1.82, 2.24) is 10.2 Å². The molecule has 1 aliphatic heterocycles. The van der Waals surface area contributed by atoms with Gasteiger partial charge in [0.05, 0.1) is 11.1 Å². The van der Waals surface area contributed by atoms with Gasteiger partial charge in [-0.25, -0.2) is 9.59 Å². The highest BCUT2D eigenvalue weighted by atomic mass is 16.5. The lowest BCUT2D eigenvalue weighted by molar-refractivity contribution is -0.152. The summed E-state index contributed by atoms with van der Waals surface area (Å²) in [5.74, 6) is -3.02. The zero-order chi connectivity index (χ0) is 19.4. The van der Waals surface area contributed by atoms with Crippen LogP contribution < -0.4 is 11.1 Å². The molecule has 9 heteroatoms. The van der Waals surface area contributed by atoms with Crippen molar-refractivity contribution in [3.63, 3.8) is 0 Å². The number of urea groups is 1. The first-order valence-electron chi connectivity index (χ1n) is 7.95. The molecular weight excluding hydrogens is 342 g/mol. The number of rotatable bonds is 6.